The van der Waals surface area contributed by atoms with Gasteiger partial charge in [0, 0.05) is 6.54 Å². The second-order valence-corrected chi connectivity index (χ2v) is 3.47. The standard InChI is InChI=1S/C6H9BrN4.C2H6/c1-10-2-3-11-5(4-10)8-6(7)9-11;1-2/h2-4H2,1H3;1-2H3. The van der Waals surface area contributed by atoms with E-state index in [1.165, 1.54) is 0 Å². The Hall–Kier alpha value is -0.420. The van der Waals surface area contributed by atoms with Gasteiger partial charge in [-0.1, -0.05) is 13.8 Å². The maximum atomic E-state index is 4.23. The third kappa shape index (κ3) is 2.51. The molecule has 2 rings (SSSR count). The second-order valence-electron chi connectivity index (χ2n) is 2.76. The maximum Gasteiger partial charge on any atom is 0.217 e. The highest BCUT2D eigenvalue weighted by molar-refractivity contribution is 9.10. The van der Waals surface area contributed by atoms with Crippen LogP contribution in [0.1, 0.15) is 19.7 Å². The minimum Gasteiger partial charge on any atom is -0.297 e. The molecule has 74 valence electrons. The highest BCUT2D eigenvalue weighted by Crippen LogP contribution is 2.10. The number of hydrogen-bond donors (Lipinski definition) is 0. The first-order valence-electron chi connectivity index (χ1n) is 4.53. The van der Waals surface area contributed by atoms with Crippen molar-refractivity contribution in [1.82, 2.24) is 19.7 Å². The van der Waals surface area contributed by atoms with Crippen LogP contribution in [0.3, 0.4) is 0 Å². The molecule has 1 aromatic rings. The van der Waals surface area contributed by atoms with Crippen LogP contribution in [-0.2, 0) is 13.1 Å². The molecule has 1 aromatic heterocycles. The summed E-state index contributed by atoms with van der Waals surface area (Å²) in [7, 11) is 2.09. The monoisotopic (exact) mass is 246 g/mol. The fourth-order valence-electron chi connectivity index (χ4n) is 1.23. The summed E-state index contributed by atoms with van der Waals surface area (Å²) in [6.45, 7) is 6.91. The first-order chi connectivity index (χ1) is 6.25. The Bertz CT molecular complexity index is 271. The maximum absolute atomic E-state index is 4.23. The molecule has 0 saturated heterocycles. The van der Waals surface area contributed by atoms with Gasteiger partial charge < -0.3 is 0 Å². The molecule has 1 aliphatic heterocycles. The van der Waals surface area contributed by atoms with Crippen LogP contribution in [0.25, 0.3) is 0 Å². The molecule has 0 bridgehead atoms. The van der Waals surface area contributed by atoms with E-state index in [0.717, 1.165) is 25.5 Å². The number of nitrogens with zero attached hydrogens (tertiary/aromatic N) is 4. The molecule has 0 unspecified atom stereocenters. The van der Waals surface area contributed by atoms with Gasteiger partial charge in [0.2, 0.25) is 4.73 Å². The number of aromatic nitrogens is 3. The van der Waals surface area contributed by atoms with Crippen molar-refractivity contribution in [3.63, 3.8) is 0 Å². The van der Waals surface area contributed by atoms with Gasteiger partial charge in [-0.3, -0.25) is 4.90 Å². The quantitative estimate of drug-likeness (QED) is 0.696. The highest BCUT2D eigenvalue weighted by Gasteiger charge is 2.15. The molecule has 4 nitrogen and oxygen atoms in total. The van der Waals surface area contributed by atoms with Crippen molar-refractivity contribution in [2.24, 2.45) is 0 Å². The van der Waals surface area contributed by atoms with Gasteiger partial charge in [0.15, 0.2) is 0 Å². The zero-order chi connectivity index (χ0) is 9.84. The van der Waals surface area contributed by atoms with Crippen LogP contribution in [0.4, 0.5) is 0 Å². The Labute approximate surface area is 87.1 Å². The third-order valence-electron chi connectivity index (χ3n) is 1.83. The molecule has 13 heavy (non-hydrogen) atoms. The van der Waals surface area contributed by atoms with Gasteiger partial charge in [0.1, 0.15) is 5.82 Å². The summed E-state index contributed by atoms with van der Waals surface area (Å²) in [5, 5.41) is 4.18. The average Bonchev–Trinajstić information content (AvgIpc) is 2.48. The molecule has 0 saturated carbocycles. The molecule has 0 aliphatic carbocycles. The summed E-state index contributed by atoms with van der Waals surface area (Å²) in [5.41, 5.74) is 0. The SMILES string of the molecule is CC.CN1CCn2nc(Br)nc2C1. The Kier molecular flexibility index (Phi) is 3.87. The molecule has 0 amide bonds. The summed E-state index contributed by atoms with van der Waals surface area (Å²) < 4.78 is 2.65. The van der Waals surface area contributed by atoms with E-state index < -0.39 is 0 Å². The molecule has 0 spiro atoms. The first-order valence-corrected chi connectivity index (χ1v) is 5.33. The van der Waals surface area contributed by atoms with Gasteiger partial charge in [-0.05, 0) is 23.0 Å². The normalized spacial score (nSPS) is 16.0. The Balaban J connectivity index is 0.000000396. The molecular weight excluding hydrogens is 232 g/mol. The van der Waals surface area contributed by atoms with E-state index in [9.17, 15) is 0 Å². The molecule has 2 heterocycles. The van der Waals surface area contributed by atoms with Crippen LogP contribution in [0.2, 0.25) is 0 Å². The molecule has 0 radical (unpaired) electrons. The van der Waals surface area contributed by atoms with Crippen molar-refractivity contribution in [2.75, 3.05) is 13.6 Å². The lowest BCUT2D eigenvalue weighted by molar-refractivity contribution is 0.254. The largest absolute Gasteiger partial charge is 0.297 e. The lowest BCUT2D eigenvalue weighted by atomic mass is 10.4. The number of rotatable bonds is 0. The van der Waals surface area contributed by atoms with Gasteiger partial charge in [-0.15, -0.1) is 5.10 Å². The van der Waals surface area contributed by atoms with E-state index in [2.05, 4.69) is 38.0 Å². The van der Waals surface area contributed by atoms with E-state index in [1.54, 1.807) is 0 Å². The van der Waals surface area contributed by atoms with Crippen LogP contribution in [0, 0.1) is 0 Å². The van der Waals surface area contributed by atoms with Crippen molar-refractivity contribution in [3.8, 4) is 0 Å². The molecule has 0 fully saturated rings. The fraction of sp³-hybridized carbons (Fsp3) is 0.750. The second kappa shape index (κ2) is 4.72. The van der Waals surface area contributed by atoms with Crippen molar-refractivity contribution < 1.29 is 0 Å². The van der Waals surface area contributed by atoms with Crippen molar-refractivity contribution in [1.29, 1.82) is 0 Å². The molecule has 5 heteroatoms. The smallest absolute Gasteiger partial charge is 0.217 e. The molecule has 0 aromatic carbocycles. The van der Waals surface area contributed by atoms with Crippen LogP contribution >= 0.6 is 15.9 Å². The van der Waals surface area contributed by atoms with Gasteiger partial charge in [-0.2, -0.15) is 0 Å². The highest BCUT2D eigenvalue weighted by atomic mass is 79.9. The van der Waals surface area contributed by atoms with E-state index in [4.69, 9.17) is 0 Å². The number of halogens is 1. The molecular formula is C8H15BrN4. The minimum atomic E-state index is 0.697. The lowest BCUT2D eigenvalue weighted by Gasteiger charge is -2.21. The van der Waals surface area contributed by atoms with Gasteiger partial charge in [-0.25, -0.2) is 9.67 Å². The number of hydrogen-bond acceptors (Lipinski definition) is 3. The van der Waals surface area contributed by atoms with Crippen LogP contribution in [-0.4, -0.2) is 33.3 Å². The van der Waals surface area contributed by atoms with E-state index in [1.807, 2.05) is 18.5 Å². The topological polar surface area (TPSA) is 34.0 Å². The van der Waals surface area contributed by atoms with Gasteiger partial charge in [0.05, 0.1) is 13.1 Å². The predicted octanol–water partition coefficient (Wildman–Crippen LogP) is 1.51. The van der Waals surface area contributed by atoms with Gasteiger partial charge >= 0.3 is 0 Å². The summed E-state index contributed by atoms with van der Waals surface area (Å²) in [5.74, 6) is 1.05. The number of fused-ring (bicyclic) bond motifs is 1. The zero-order valence-corrected chi connectivity index (χ0v) is 9.87. The van der Waals surface area contributed by atoms with Crippen LogP contribution in [0.15, 0.2) is 4.73 Å². The fourth-order valence-corrected chi connectivity index (χ4v) is 1.62. The Morgan fingerprint density at radius 1 is 1.31 bits per heavy atom. The summed E-state index contributed by atoms with van der Waals surface area (Å²) in [6.07, 6.45) is 0. The first kappa shape index (κ1) is 10.7. The lowest BCUT2D eigenvalue weighted by Crippen LogP contribution is -2.30. The van der Waals surface area contributed by atoms with Crippen molar-refractivity contribution in [2.45, 2.75) is 26.9 Å². The van der Waals surface area contributed by atoms with E-state index in [0.29, 0.717) is 4.73 Å². The van der Waals surface area contributed by atoms with Crippen molar-refractivity contribution >= 4 is 15.9 Å². The minimum absolute atomic E-state index is 0.697. The van der Waals surface area contributed by atoms with Crippen molar-refractivity contribution in [3.05, 3.63) is 10.6 Å². The zero-order valence-electron chi connectivity index (χ0n) is 8.29. The van der Waals surface area contributed by atoms with E-state index in [-0.39, 0.29) is 0 Å². The van der Waals surface area contributed by atoms with E-state index >= 15 is 0 Å². The van der Waals surface area contributed by atoms with Gasteiger partial charge in [0.25, 0.3) is 0 Å². The summed E-state index contributed by atoms with van der Waals surface area (Å²) in [4.78, 5) is 6.46. The molecule has 0 N–H and O–H groups in total. The summed E-state index contributed by atoms with van der Waals surface area (Å²) >= 11 is 3.25. The Morgan fingerprint density at radius 2 is 2.00 bits per heavy atom. The number of likely N-dealkylation sites (N-methyl/N-ethyl adjacent to an activating group) is 1. The van der Waals surface area contributed by atoms with Crippen LogP contribution < -0.4 is 0 Å². The molecule has 0 atom stereocenters. The molecule has 1 aliphatic rings. The van der Waals surface area contributed by atoms with Crippen LogP contribution in [0.5, 0.6) is 0 Å². The summed E-state index contributed by atoms with van der Waals surface area (Å²) in [6, 6.07) is 0. The average molecular weight is 247 g/mol. The third-order valence-corrected chi connectivity index (χ3v) is 2.16. The predicted molar refractivity (Wildman–Crippen MR) is 55.4 cm³/mol. The Morgan fingerprint density at radius 3 is 2.69 bits per heavy atom.